The summed E-state index contributed by atoms with van der Waals surface area (Å²) in [5, 5.41) is 8.83. The van der Waals surface area contributed by atoms with Crippen molar-refractivity contribution in [3.8, 4) is 5.75 Å². The monoisotopic (exact) mass is 283 g/mol. The van der Waals surface area contributed by atoms with E-state index in [1.807, 2.05) is 0 Å². The van der Waals surface area contributed by atoms with Crippen LogP contribution in [-0.2, 0) is 19.4 Å². The van der Waals surface area contributed by atoms with Gasteiger partial charge in [-0.2, -0.15) is 13.2 Å². The largest absolute Gasteiger partial charge is 0.487 e. The van der Waals surface area contributed by atoms with Crippen LogP contribution in [0.3, 0.4) is 0 Å². The number of aliphatic hydroxyl groups excluding tert-OH is 1. The Labute approximate surface area is 113 Å². The van der Waals surface area contributed by atoms with Crippen molar-refractivity contribution in [2.24, 2.45) is 0 Å². The molecule has 0 aliphatic heterocycles. The van der Waals surface area contributed by atoms with Crippen molar-refractivity contribution in [3.63, 3.8) is 0 Å². The SMILES string of the molecule is OCc1ccc(OCc2cccc(C(F)(F)F)c2)cn1. The molecule has 0 atom stereocenters. The Kier molecular flexibility index (Phi) is 4.24. The lowest BCUT2D eigenvalue weighted by molar-refractivity contribution is -0.137. The highest BCUT2D eigenvalue weighted by molar-refractivity contribution is 5.26. The quantitative estimate of drug-likeness (QED) is 0.937. The molecule has 2 rings (SSSR count). The number of halogens is 3. The first kappa shape index (κ1) is 14.3. The number of pyridine rings is 1. The molecule has 1 aromatic heterocycles. The number of ether oxygens (including phenoxy) is 1. The van der Waals surface area contributed by atoms with E-state index in [4.69, 9.17) is 9.84 Å². The maximum absolute atomic E-state index is 12.5. The Bertz CT molecular complexity index is 567. The first-order chi connectivity index (χ1) is 9.49. The van der Waals surface area contributed by atoms with Gasteiger partial charge in [-0.25, -0.2) is 0 Å². The minimum atomic E-state index is -4.36. The number of aliphatic hydroxyl groups is 1. The number of rotatable bonds is 4. The molecule has 0 radical (unpaired) electrons. The lowest BCUT2D eigenvalue weighted by Crippen LogP contribution is -2.06. The summed E-state index contributed by atoms with van der Waals surface area (Å²) in [5.74, 6) is 0.430. The topological polar surface area (TPSA) is 42.4 Å². The average Bonchev–Trinajstić information content (AvgIpc) is 2.45. The van der Waals surface area contributed by atoms with E-state index in [0.29, 0.717) is 17.0 Å². The van der Waals surface area contributed by atoms with Crippen molar-refractivity contribution in [3.05, 3.63) is 59.4 Å². The highest BCUT2D eigenvalue weighted by atomic mass is 19.4. The summed E-state index contributed by atoms with van der Waals surface area (Å²) in [6.45, 7) is -0.155. The summed E-state index contributed by atoms with van der Waals surface area (Å²) in [5.41, 5.74) is 0.217. The van der Waals surface area contributed by atoms with Gasteiger partial charge in [-0.05, 0) is 29.8 Å². The summed E-state index contributed by atoms with van der Waals surface area (Å²) in [6.07, 6.45) is -2.94. The minimum Gasteiger partial charge on any atom is -0.487 e. The maximum atomic E-state index is 12.5. The van der Waals surface area contributed by atoms with Crippen LogP contribution in [0, 0.1) is 0 Å². The second-order valence-electron chi connectivity index (χ2n) is 4.13. The van der Waals surface area contributed by atoms with Gasteiger partial charge in [0.2, 0.25) is 0 Å². The van der Waals surface area contributed by atoms with Gasteiger partial charge in [-0.15, -0.1) is 0 Å². The van der Waals surface area contributed by atoms with Crippen molar-refractivity contribution >= 4 is 0 Å². The predicted molar refractivity (Wildman–Crippen MR) is 65.9 cm³/mol. The van der Waals surface area contributed by atoms with Crippen LogP contribution < -0.4 is 4.74 Å². The second kappa shape index (κ2) is 5.92. The number of aromatic nitrogens is 1. The number of hydrogen-bond donors (Lipinski definition) is 1. The summed E-state index contributed by atoms with van der Waals surface area (Å²) in [7, 11) is 0. The first-order valence-corrected chi connectivity index (χ1v) is 5.84. The number of benzene rings is 1. The van der Waals surface area contributed by atoms with Crippen molar-refractivity contribution in [1.82, 2.24) is 4.98 Å². The van der Waals surface area contributed by atoms with E-state index < -0.39 is 11.7 Å². The standard InChI is InChI=1S/C14H12F3NO2/c15-14(16,17)11-3-1-2-10(6-11)9-20-13-5-4-12(8-19)18-7-13/h1-7,19H,8-9H2. The van der Waals surface area contributed by atoms with E-state index in [-0.39, 0.29) is 13.2 Å². The molecule has 0 aliphatic rings. The van der Waals surface area contributed by atoms with E-state index in [1.165, 1.54) is 12.3 Å². The molecule has 0 saturated heterocycles. The summed E-state index contributed by atoms with van der Waals surface area (Å²) in [4.78, 5) is 3.91. The maximum Gasteiger partial charge on any atom is 0.416 e. The Morgan fingerprint density at radius 2 is 1.95 bits per heavy atom. The predicted octanol–water partition coefficient (Wildman–Crippen LogP) is 3.17. The zero-order valence-corrected chi connectivity index (χ0v) is 10.4. The van der Waals surface area contributed by atoms with Gasteiger partial charge in [0.1, 0.15) is 12.4 Å². The van der Waals surface area contributed by atoms with Crippen LogP contribution in [0.1, 0.15) is 16.8 Å². The highest BCUT2D eigenvalue weighted by Gasteiger charge is 2.30. The lowest BCUT2D eigenvalue weighted by Gasteiger charge is -2.10. The number of hydrogen-bond acceptors (Lipinski definition) is 3. The molecule has 20 heavy (non-hydrogen) atoms. The van der Waals surface area contributed by atoms with Crippen LogP contribution >= 0.6 is 0 Å². The van der Waals surface area contributed by atoms with Crippen LogP contribution in [0.25, 0.3) is 0 Å². The first-order valence-electron chi connectivity index (χ1n) is 5.84. The van der Waals surface area contributed by atoms with E-state index in [1.54, 1.807) is 18.2 Å². The molecule has 0 bridgehead atoms. The molecule has 6 heteroatoms. The van der Waals surface area contributed by atoms with E-state index >= 15 is 0 Å². The van der Waals surface area contributed by atoms with Crippen LogP contribution in [-0.4, -0.2) is 10.1 Å². The molecular weight excluding hydrogens is 271 g/mol. The molecule has 0 aliphatic carbocycles. The lowest BCUT2D eigenvalue weighted by atomic mass is 10.1. The van der Waals surface area contributed by atoms with Gasteiger partial charge in [-0.3, -0.25) is 4.98 Å². The van der Waals surface area contributed by atoms with Gasteiger partial charge in [-0.1, -0.05) is 12.1 Å². The summed E-state index contributed by atoms with van der Waals surface area (Å²) < 4.78 is 43.0. The van der Waals surface area contributed by atoms with E-state index in [2.05, 4.69) is 4.98 Å². The molecule has 2 aromatic rings. The van der Waals surface area contributed by atoms with Gasteiger partial charge in [0, 0.05) is 0 Å². The summed E-state index contributed by atoms with van der Waals surface area (Å²) in [6, 6.07) is 8.16. The van der Waals surface area contributed by atoms with Crippen LogP contribution in [0.2, 0.25) is 0 Å². The molecule has 0 spiro atoms. The fourth-order valence-electron chi connectivity index (χ4n) is 1.59. The molecule has 1 aromatic carbocycles. The Balaban J connectivity index is 2.03. The third-order valence-electron chi connectivity index (χ3n) is 2.62. The third kappa shape index (κ3) is 3.71. The molecule has 0 amide bonds. The van der Waals surface area contributed by atoms with Crippen molar-refractivity contribution < 1.29 is 23.0 Å². The van der Waals surface area contributed by atoms with Gasteiger partial charge in [0.05, 0.1) is 24.1 Å². The Morgan fingerprint density at radius 1 is 1.15 bits per heavy atom. The van der Waals surface area contributed by atoms with Gasteiger partial charge in [0.15, 0.2) is 0 Å². The second-order valence-corrected chi connectivity index (χ2v) is 4.13. The number of alkyl halides is 3. The highest BCUT2D eigenvalue weighted by Crippen LogP contribution is 2.29. The van der Waals surface area contributed by atoms with Crippen LogP contribution in [0.4, 0.5) is 13.2 Å². The van der Waals surface area contributed by atoms with Crippen LogP contribution in [0.5, 0.6) is 5.75 Å². The van der Waals surface area contributed by atoms with Crippen molar-refractivity contribution in [1.29, 1.82) is 0 Å². The molecule has 106 valence electrons. The third-order valence-corrected chi connectivity index (χ3v) is 2.62. The Hall–Kier alpha value is -2.08. The normalized spacial score (nSPS) is 11.4. The molecular formula is C14H12F3NO2. The van der Waals surface area contributed by atoms with E-state index in [9.17, 15) is 13.2 Å². The molecule has 0 saturated carbocycles. The van der Waals surface area contributed by atoms with Crippen molar-refractivity contribution in [2.75, 3.05) is 0 Å². The van der Waals surface area contributed by atoms with Gasteiger partial charge in [0.25, 0.3) is 0 Å². The molecule has 1 N–H and O–H groups in total. The fourth-order valence-corrected chi connectivity index (χ4v) is 1.59. The van der Waals surface area contributed by atoms with Crippen LogP contribution in [0.15, 0.2) is 42.6 Å². The summed E-state index contributed by atoms with van der Waals surface area (Å²) >= 11 is 0. The van der Waals surface area contributed by atoms with E-state index in [0.717, 1.165) is 12.1 Å². The smallest absolute Gasteiger partial charge is 0.416 e. The van der Waals surface area contributed by atoms with Gasteiger partial charge < -0.3 is 9.84 Å². The molecule has 0 fully saturated rings. The zero-order chi connectivity index (χ0) is 14.6. The molecule has 3 nitrogen and oxygen atoms in total. The average molecular weight is 283 g/mol. The Morgan fingerprint density at radius 3 is 2.55 bits per heavy atom. The number of nitrogens with zero attached hydrogens (tertiary/aromatic N) is 1. The van der Waals surface area contributed by atoms with Crippen molar-refractivity contribution in [2.45, 2.75) is 19.4 Å². The fraction of sp³-hybridized carbons (Fsp3) is 0.214. The zero-order valence-electron chi connectivity index (χ0n) is 10.4. The molecule has 1 heterocycles. The minimum absolute atomic E-state index is 0.0179. The van der Waals surface area contributed by atoms with Gasteiger partial charge >= 0.3 is 6.18 Å². The molecule has 0 unspecified atom stereocenters.